The smallest absolute Gasteiger partial charge is 0.282 e. The number of nitrogens with zero attached hydrogens (tertiary/aromatic N) is 4. The molecule has 4 N–H and O–H groups in total. The van der Waals surface area contributed by atoms with Crippen LogP contribution in [0.2, 0.25) is 0 Å². The second-order valence-corrected chi connectivity index (χ2v) is 9.94. The summed E-state index contributed by atoms with van der Waals surface area (Å²) in [7, 11) is -10.2. The second kappa shape index (κ2) is 10.2. The molecule has 3 rings (SSSR count). The lowest BCUT2D eigenvalue weighted by molar-refractivity contribution is -0.385. The Bertz CT molecular complexity index is 1660. The monoisotopic (exact) mass is 570 g/mol. The van der Waals surface area contributed by atoms with E-state index in [9.17, 15) is 56.3 Å². The molecule has 0 radical (unpaired) electrons. The van der Waals surface area contributed by atoms with E-state index in [4.69, 9.17) is 0 Å². The molecule has 0 amide bonds. The van der Waals surface area contributed by atoms with Gasteiger partial charge in [-0.3, -0.25) is 50.3 Å². The highest BCUT2D eigenvalue weighted by atomic mass is 32.2. The van der Waals surface area contributed by atoms with Gasteiger partial charge in [0.05, 0.1) is 26.1 Å². The normalized spacial score (nSPS) is 11.4. The molecule has 200 valence electrons. The molecular weight excluding hydrogens is 556 g/mol. The van der Waals surface area contributed by atoms with Crippen molar-refractivity contribution in [3.8, 4) is 0 Å². The first-order chi connectivity index (χ1) is 17.6. The molecule has 0 aromatic heterocycles. The van der Waals surface area contributed by atoms with Gasteiger partial charge in [-0.05, 0) is 24.3 Å². The lowest BCUT2D eigenvalue weighted by Crippen LogP contribution is -2.37. The molecule has 0 atom stereocenters. The van der Waals surface area contributed by atoms with Crippen molar-refractivity contribution in [2.75, 3.05) is 16.0 Å². The summed E-state index contributed by atoms with van der Waals surface area (Å²) in [4.78, 5) is 28.8. The fourth-order valence-electron chi connectivity index (χ4n) is 3.01. The first-order valence-corrected chi connectivity index (χ1v) is 12.6. The van der Waals surface area contributed by atoms with Gasteiger partial charge < -0.3 is 0 Å². The summed E-state index contributed by atoms with van der Waals surface area (Å²) < 4.78 is 67.2. The highest BCUT2D eigenvalue weighted by Gasteiger charge is 2.27. The van der Waals surface area contributed by atoms with Gasteiger partial charge in [0.25, 0.3) is 37.3 Å². The SMILES string of the molecule is O=[N+]([O-])c1ccc(NN(Nc2cc([N+](=O)[O-])ccc2S(=O)(=O)O)c2ccc([N+](=O)[O-])cc2S(=O)(=O)O)cc1. The minimum absolute atomic E-state index is 0.0124. The fraction of sp³-hybridized carbons (Fsp3) is 0. The van der Waals surface area contributed by atoms with Gasteiger partial charge in [0.2, 0.25) is 0 Å². The standard InChI is InChI=1S/C18H14N6O12S2/c25-22(26)12-3-1-11(2-4-12)19-21(16-7-5-14(24(29)30)10-18(16)38(34,35)36)20-15-9-13(23(27)28)6-8-17(15)37(31,32)33/h1-10,19-20H,(H,31,32,33)(H,34,35,36). The first kappa shape index (κ1) is 27.7. The van der Waals surface area contributed by atoms with E-state index < -0.39 is 67.5 Å². The van der Waals surface area contributed by atoms with E-state index in [1.54, 1.807) is 0 Å². The number of hydrazine groups is 2. The zero-order chi connectivity index (χ0) is 28.4. The van der Waals surface area contributed by atoms with E-state index in [1.165, 1.54) is 0 Å². The van der Waals surface area contributed by atoms with Crippen molar-refractivity contribution in [1.82, 2.24) is 0 Å². The van der Waals surface area contributed by atoms with E-state index in [2.05, 4.69) is 10.9 Å². The summed E-state index contributed by atoms with van der Waals surface area (Å²) >= 11 is 0. The maximum Gasteiger partial charge on any atom is 0.297 e. The Morgan fingerprint density at radius 3 is 1.61 bits per heavy atom. The lowest BCUT2D eigenvalue weighted by atomic mass is 10.2. The van der Waals surface area contributed by atoms with E-state index in [0.717, 1.165) is 42.5 Å². The summed E-state index contributed by atoms with van der Waals surface area (Å²) in [6, 6.07) is 8.61. The minimum Gasteiger partial charge on any atom is -0.282 e. The van der Waals surface area contributed by atoms with Gasteiger partial charge in [-0.25, -0.2) is 0 Å². The van der Waals surface area contributed by atoms with Gasteiger partial charge in [0.1, 0.15) is 15.5 Å². The quantitative estimate of drug-likeness (QED) is 0.155. The molecule has 0 saturated heterocycles. The van der Waals surface area contributed by atoms with E-state index >= 15 is 0 Å². The summed E-state index contributed by atoms with van der Waals surface area (Å²) in [6.07, 6.45) is 0. The number of nitro benzene ring substituents is 3. The number of nitrogens with one attached hydrogen (secondary N) is 2. The molecule has 38 heavy (non-hydrogen) atoms. The highest BCUT2D eigenvalue weighted by Crippen LogP contribution is 2.33. The zero-order valence-corrected chi connectivity index (χ0v) is 20.0. The average molecular weight is 570 g/mol. The van der Waals surface area contributed by atoms with Gasteiger partial charge in [-0.2, -0.15) is 22.0 Å². The first-order valence-electron chi connectivity index (χ1n) is 9.67. The Morgan fingerprint density at radius 1 is 0.632 bits per heavy atom. The molecule has 18 nitrogen and oxygen atoms in total. The Morgan fingerprint density at radius 2 is 1.11 bits per heavy atom. The van der Waals surface area contributed by atoms with E-state index in [0.29, 0.717) is 23.3 Å². The summed E-state index contributed by atoms with van der Waals surface area (Å²) in [5.41, 5.74) is 1.79. The largest absolute Gasteiger partial charge is 0.297 e. The van der Waals surface area contributed by atoms with Crippen LogP contribution in [-0.4, -0.2) is 40.7 Å². The predicted molar refractivity (Wildman–Crippen MR) is 129 cm³/mol. The van der Waals surface area contributed by atoms with Gasteiger partial charge in [0.15, 0.2) is 0 Å². The molecule has 3 aromatic rings. The van der Waals surface area contributed by atoms with E-state index in [1.807, 2.05) is 0 Å². The third kappa shape index (κ3) is 6.25. The molecule has 0 unspecified atom stereocenters. The van der Waals surface area contributed by atoms with Crippen LogP contribution < -0.4 is 16.0 Å². The number of rotatable bonds is 10. The number of anilines is 3. The summed E-state index contributed by atoms with van der Waals surface area (Å²) in [6.45, 7) is 0. The van der Waals surface area contributed by atoms with Crippen LogP contribution in [-0.2, 0) is 20.2 Å². The zero-order valence-electron chi connectivity index (χ0n) is 18.4. The average Bonchev–Trinajstić information content (AvgIpc) is 2.82. The maximum atomic E-state index is 12.1. The summed E-state index contributed by atoms with van der Waals surface area (Å²) in [5.74, 6) is 0. The van der Waals surface area contributed by atoms with Crippen molar-refractivity contribution in [2.45, 2.75) is 9.79 Å². The van der Waals surface area contributed by atoms with Gasteiger partial charge >= 0.3 is 0 Å². The molecular formula is C18H14N6O12S2. The van der Waals surface area contributed by atoms with Crippen molar-refractivity contribution in [3.63, 3.8) is 0 Å². The number of nitro groups is 3. The van der Waals surface area contributed by atoms with Gasteiger partial charge in [-0.15, -0.1) is 0 Å². The lowest BCUT2D eigenvalue weighted by Gasteiger charge is -2.29. The van der Waals surface area contributed by atoms with Crippen LogP contribution in [0.3, 0.4) is 0 Å². The van der Waals surface area contributed by atoms with Crippen LogP contribution in [0.1, 0.15) is 0 Å². The Balaban J connectivity index is 2.25. The highest BCUT2D eigenvalue weighted by molar-refractivity contribution is 7.86. The summed E-state index contributed by atoms with van der Waals surface area (Å²) in [5, 5.41) is 33.9. The van der Waals surface area contributed by atoms with Crippen LogP contribution in [0.5, 0.6) is 0 Å². The molecule has 0 bridgehead atoms. The topological polar surface area (TPSA) is 265 Å². The molecule has 0 aliphatic heterocycles. The molecule has 0 heterocycles. The third-order valence-electron chi connectivity index (χ3n) is 4.68. The molecule has 0 fully saturated rings. The third-order valence-corrected chi connectivity index (χ3v) is 6.47. The molecule has 0 spiro atoms. The van der Waals surface area contributed by atoms with Crippen LogP contribution >= 0.6 is 0 Å². The maximum absolute atomic E-state index is 12.1. The van der Waals surface area contributed by atoms with Crippen LogP contribution in [0.15, 0.2) is 70.5 Å². The molecule has 3 aromatic carbocycles. The van der Waals surface area contributed by atoms with Crippen molar-refractivity contribution in [2.24, 2.45) is 0 Å². The van der Waals surface area contributed by atoms with Gasteiger partial charge in [0, 0.05) is 36.4 Å². The van der Waals surface area contributed by atoms with Crippen LogP contribution in [0.4, 0.5) is 34.1 Å². The van der Waals surface area contributed by atoms with Crippen molar-refractivity contribution < 1.29 is 40.7 Å². The van der Waals surface area contributed by atoms with Crippen molar-refractivity contribution in [1.29, 1.82) is 0 Å². The molecule has 20 heteroatoms. The van der Waals surface area contributed by atoms with Crippen molar-refractivity contribution in [3.05, 3.63) is 91.0 Å². The van der Waals surface area contributed by atoms with Crippen LogP contribution in [0.25, 0.3) is 0 Å². The second-order valence-electron chi connectivity index (χ2n) is 7.16. The van der Waals surface area contributed by atoms with Gasteiger partial charge in [-0.1, -0.05) is 0 Å². The molecule has 0 saturated carbocycles. The van der Waals surface area contributed by atoms with Crippen molar-refractivity contribution >= 4 is 54.4 Å². The number of benzene rings is 3. The fourth-order valence-corrected chi connectivity index (χ4v) is 4.32. The number of hydrogen-bond donors (Lipinski definition) is 4. The molecule has 0 aliphatic carbocycles. The van der Waals surface area contributed by atoms with Crippen LogP contribution in [0, 0.1) is 30.3 Å². The molecule has 0 aliphatic rings. The number of non-ortho nitro benzene ring substituents is 3. The Hall–Kier alpha value is -4.92. The Kier molecular flexibility index (Phi) is 7.44. The Labute approximate surface area is 212 Å². The number of hydrogen-bond acceptors (Lipinski definition) is 13. The van der Waals surface area contributed by atoms with E-state index in [-0.39, 0.29) is 11.4 Å². The predicted octanol–water partition coefficient (Wildman–Crippen LogP) is 2.77. The minimum atomic E-state index is -5.19.